The third kappa shape index (κ3) is 3.15. The van der Waals surface area contributed by atoms with E-state index in [0.717, 1.165) is 0 Å². The van der Waals surface area contributed by atoms with Crippen molar-refractivity contribution in [1.82, 2.24) is 5.32 Å². The summed E-state index contributed by atoms with van der Waals surface area (Å²) in [7, 11) is 0. The van der Waals surface area contributed by atoms with Gasteiger partial charge in [-0.25, -0.2) is 0 Å². The number of hydrogen-bond acceptors (Lipinski definition) is 3. The molecule has 0 spiro atoms. The molecule has 1 aromatic rings. The summed E-state index contributed by atoms with van der Waals surface area (Å²) in [4.78, 5) is 12.2. The molecule has 1 rings (SSSR count). The maximum Gasteiger partial charge on any atom is 0.415 e. The van der Waals surface area contributed by atoms with Crippen LogP contribution in [0.4, 0.5) is 13.2 Å². The number of carbonyl (C=O) groups excluding carboxylic acids is 1. The Morgan fingerprint density at radius 1 is 1.50 bits per heavy atom. The van der Waals surface area contributed by atoms with Gasteiger partial charge in [-0.1, -0.05) is 11.6 Å². The van der Waals surface area contributed by atoms with Gasteiger partial charge in [0.1, 0.15) is 0 Å². The summed E-state index contributed by atoms with van der Waals surface area (Å²) in [6.45, 7) is 2.20. The molecule has 2 atom stereocenters. The molecule has 3 N–H and O–H groups in total. The van der Waals surface area contributed by atoms with Crippen LogP contribution < -0.4 is 11.1 Å². The normalized spacial score (nSPS) is 17.1. The van der Waals surface area contributed by atoms with E-state index in [2.05, 4.69) is 5.32 Å². The largest absolute Gasteiger partial charge is 0.415 e. The van der Waals surface area contributed by atoms with Crippen LogP contribution in [0.15, 0.2) is 12.1 Å². The predicted molar refractivity (Wildman–Crippen MR) is 64.5 cm³/mol. The van der Waals surface area contributed by atoms with E-state index in [9.17, 15) is 18.0 Å². The van der Waals surface area contributed by atoms with Crippen LogP contribution in [0.3, 0.4) is 0 Å². The van der Waals surface area contributed by atoms with Crippen LogP contribution in [0, 0.1) is 0 Å². The van der Waals surface area contributed by atoms with E-state index < -0.39 is 23.7 Å². The van der Waals surface area contributed by atoms with Crippen molar-refractivity contribution in [1.29, 1.82) is 0 Å². The number of carbonyl (C=O) groups is 1. The van der Waals surface area contributed by atoms with Crippen LogP contribution in [-0.4, -0.2) is 17.6 Å². The summed E-state index contributed by atoms with van der Waals surface area (Å²) < 4.78 is 38.1. The molecular weight excluding hydrogens is 289 g/mol. The van der Waals surface area contributed by atoms with Crippen molar-refractivity contribution < 1.29 is 18.0 Å². The van der Waals surface area contributed by atoms with E-state index in [-0.39, 0.29) is 0 Å². The first-order chi connectivity index (χ1) is 8.05. The molecule has 0 aromatic carbocycles. The van der Waals surface area contributed by atoms with Crippen molar-refractivity contribution in [3.8, 4) is 0 Å². The fourth-order valence-corrected chi connectivity index (χ4v) is 2.17. The molecule has 1 heterocycles. The summed E-state index contributed by atoms with van der Waals surface area (Å²) in [5.74, 6) is -1.27. The van der Waals surface area contributed by atoms with E-state index in [1.807, 2.05) is 0 Å². The zero-order valence-corrected chi connectivity index (χ0v) is 11.2. The van der Waals surface area contributed by atoms with Crippen LogP contribution in [0.25, 0.3) is 0 Å². The van der Waals surface area contributed by atoms with E-state index in [4.69, 9.17) is 17.3 Å². The van der Waals surface area contributed by atoms with Crippen molar-refractivity contribution in [2.45, 2.75) is 31.6 Å². The Morgan fingerprint density at radius 2 is 2.06 bits per heavy atom. The van der Waals surface area contributed by atoms with Crippen LogP contribution in [0.5, 0.6) is 0 Å². The van der Waals surface area contributed by atoms with Crippen molar-refractivity contribution in [3.63, 3.8) is 0 Å². The number of alkyl halides is 3. The highest BCUT2D eigenvalue weighted by Gasteiger charge is 2.54. The maximum atomic E-state index is 12.5. The minimum absolute atomic E-state index is 0.498. The quantitative estimate of drug-likeness (QED) is 0.902. The summed E-state index contributed by atoms with van der Waals surface area (Å²) in [5, 5.41) is 2.22. The van der Waals surface area contributed by atoms with Crippen LogP contribution in [0.1, 0.15) is 24.8 Å². The van der Waals surface area contributed by atoms with Crippen LogP contribution in [0.2, 0.25) is 4.34 Å². The summed E-state index contributed by atoms with van der Waals surface area (Å²) in [6.07, 6.45) is -4.80. The number of hydrogen-bond donors (Lipinski definition) is 2. The molecule has 0 aliphatic heterocycles. The molecule has 0 aliphatic rings. The van der Waals surface area contributed by atoms with Gasteiger partial charge in [-0.3, -0.25) is 4.79 Å². The zero-order valence-electron chi connectivity index (χ0n) is 9.64. The SMILES string of the molecule is CC(NC(=O)C(C)(N)C(F)(F)F)c1ccc(Cl)s1. The zero-order chi connectivity index (χ0) is 14.1. The Kier molecular flexibility index (Phi) is 4.30. The number of halogens is 4. The number of rotatable bonds is 3. The molecule has 2 unspecified atom stereocenters. The third-order valence-corrected chi connectivity index (χ3v) is 3.84. The molecule has 0 bridgehead atoms. The fraction of sp³-hybridized carbons (Fsp3) is 0.500. The summed E-state index contributed by atoms with van der Waals surface area (Å²) in [5.41, 5.74) is 2.09. The smallest absolute Gasteiger partial charge is 0.347 e. The highest BCUT2D eigenvalue weighted by atomic mass is 35.5. The number of amides is 1. The summed E-state index contributed by atoms with van der Waals surface area (Å²) in [6, 6.07) is 2.66. The van der Waals surface area contributed by atoms with Gasteiger partial charge < -0.3 is 11.1 Å². The molecular formula is C10H12ClF3N2OS. The second kappa shape index (κ2) is 5.07. The van der Waals surface area contributed by atoms with E-state index >= 15 is 0 Å². The first-order valence-electron chi connectivity index (χ1n) is 4.97. The first-order valence-corrected chi connectivity index (χ1v) is 6.17. The predicted octanol–water partition coefficient (Wildman–Crippen LogP) is 2.86. The van der Waals surface area contributed by atoms with Crippen LogP contribution in [-0.2, 0) is 4.79 Å². The van der Waals surface area contributed by atoms with Crippen molar-refractivity contribution >= 4 is 28.8 Å². The van der Waals surface area contributed by atoms with Gasteiger partial charge in [0.2, 0.25) is 5.91 Å². The lowest BCUT2D eigenvalue weighted by atomic mass is 10.0. The number of thiophene rings is 1. The molecule has 18 heavy (non-hydrogen) atoms. The Labute approximate surface area is 111 Å². The molecule has 3 nitrogen and oxygen atoms in total. The van der Waals surface area contributed by atoms with Gasteiger partial charge in [0.25, 0.3) is 0 Å². The van der Waals surface area contributed by atoms with E-state index in [0.29, 0.717) is 16.1 Å². The highest BCUT2D eigenvalue weighted by Crippen LogP contribution is 2.30. The van der Waals surface area contributed by atoms with Crippen molar-refractivity contribution in [3.05, 3.63) is 21.3 Å². The van der Waals surface area contributed by atoms with Gasteiger partial charge in [-0.15, -0.1) is 11.3 Å². The highest BCUT2D eigenvalue weighted by molar-refractivity contribution is 7.16. The van der Waals surface area contributed by atoms with Gasteiger partial charge in [0, 0.05) is 4.88 Å². The molecule has 1 amide bonds. The van der Waals surface area contributed by atoms with Gasteiger partial charge in [-0.2, -0.15) is 13.2 Å². The molecule has 0 fully saturated rings. The second-order valence-electron chi connectivity index (χ2n) is 4.04. The maximum absolute atomic E-state index is 12.5. The fourth-order valence-electron chi connectivity index (χ4n) is 1.11. The van der Waals surface area contributed by atoms with Gasteiger partial charge in [-0.05, 0) is 26.0 Å². The lowest BCUT2D eigenvalue weighted by Gasteiger charge is -2.27. The van der Waals surface area contributed by atoms with Gasteiger partial charge in [0.15, 0.2) is 5.54 Å². The number of nitrogens with one attached hydrogen (secondary N) is 1. The molecule has 0 saturated heterocycles. The Hall–Kier alpha value is -0.790. The minimum Gasteiger partial charge on any atom is -0.347 e. The average molecular weight is 301 g/mol. The molecule has 0 aliphatic carbocycles. The van der Waals surface area contributed by atoms with Crippen molar-refractivity contribution in [2.24, 2.45) is 5.73 Å². The van der Waals surface area contributed by atoms with Crippen molar-refractivity contribution in [2.75, 3.05) is 0 Å². The summed E-state index contributed by atoms with van der Waals surface area (Å²) >= 11 is 6.89. The molecule has 8 heteroatoms. The van der Waals surface area contributed by atoms with E-state index in [1.165, 1.54) is 11.3 Å². The molecule has 0 radical (unpaired) electrons. The van der Waals surface area contributed by atoms with Crippen LogP contribution >= 0.6 is 22.9 Å². The average Bonchev–Trinajstić information content (AvgIpc) is 2.62. The monoisotopic (exact) mass is 300 g/mol. The van der Waals surface area contributed by atoms with Gasteiger partial charge >= 0.3 is 6.18 Å². The number of nitrogens with two attached hydrogens (primary N) is 1. The molecule has 0 saturated carbocycles. The lowest BCUT2D eigenvalue weighted by molar-refractivity contribution is -0.187. The van der Waals surface area contributed by atoms with E-state index in [1.54, 1.807) is 19.1 Å². The molecule has 102 valence electrons. The minimum atomic E-state index is -4.80. The standard InChI is InChI=1S/C10H12ClF3N2OS/c1-5(6-3-4-7(11)18-6)16-8(17)9(2,15)10(12,13)14/h3-5H,15H2,1-2H3,(H,16,17). The first kappa shape index (κ1) is 15.3. The Morgan fingerprint density at radius 3 is 2.44 bits per heavy atom. The Balaban J connectivity index is 2.77. The Bertz CT molecular complexity index is 445. The molecule has 1 aromatic heterocycles. The third-order valence-electron chi connectivity index (χ3n) is 2.43. The second-order valence-corrected chi connectivity index (χ2v) is 5.78. The lowest BCUT2D eigenvalue weighted by Crippen LogP contribution is -2.61. The topological polar surface area (TPSA) is 55.1 Å². The van der Waals surface area contributed by atoms with Gasteiger partial charge in [0.05, 0.1) is 10.4 Å².